The minimum atomic E-state index is 0.736. The van der Waals surface area contributed by atoms with Crippen LogP contribution in [0.15, 0.2) is 47.0 Å². The molecule has 1 aliphatic carbocycles. The van der Waals surface area contributed by atoms with Gasteiger partial charge in [-0.15, -0.1) is 11.8 Å². The zero-order valence-electron chi connectivity index (χ0n) is 20.1. The van der Waals surface area contributed by atoms with E-state index < -0.39 is 0 Å². The van der Waals surface area contributed by atoms with Crippen LogP contribution < -0.4 is 9.64 Å². The predicted octanol–water partition coefficient (Wildman–Crippen LogP) is 5.91. The number of aryl methyl sites for hydroxylation is 2. The minimum absolute atomic E-state index is 0.736. The Kier molecular flexibility index (Phi) is 6.39. The Balaban J connectivity index is 1.65. The molecule has 0 bridgehead atoms. The van der Waals surface area contributed by atoms with Crippen molar-refractivity contribution in [1.82, 2.24) is 9.61 Å². The first-order chi connectivity index (χ1) is 16.1. The van der Waals surface area contributed by atoms with E-state index in [2.05, 4.69) is 65.9 Å². The van der Waals surface area contributed by atoms with Gasteiger partial charge in [0.05, 0.1) is 37.2 Å². The van der Waals surface area contributed by atoms with Crippen molar-refractivity contribution in [2.45, 2.75) is 38.1 Å². The van der Waals surface area contributed by atoms with Gasteiger partial charge in [-0.3, -0.25) is 0 Å². The van der Waals surface area contributed by atoms with Crippen molar-refractivity contribution < 1.29 is 9.47 Å². The number of rotatable bonds is 8. The molecule has 5 nitrogen and oxygen atoms in total. The summed E-state index contributed by atoms with van der Waals surface area (Å²) in [7, 11) is 1.75. The lowest BCUT2D eigenvalue weighted by Crippen LogP contribution is -2.30. The first-order valence-corrected chi connectivity index (χ1v) is 13.0. The third-order valence-corrected chi connectivity index (χ3v) is 7.24. The van der Waals surface area contributed by atoms with E-state index in [0.29, 0.717) is 0 Å². The van der Waals surface area contributed by atoms with Crippen molar-refractivity contribution in [3.05, 3.63) is 53.1 Å². The summed E-state index contributed by atoms with van der Waals surface area (Å²) in [6.45, 7) is 7.81. The van der Waals surface area contributed by atoms with E-state index in [4.69, 9.17) is 14.6 Å². The van der Waals surface area contributed by atoms with Crippen molar-refractivity contribution in [2.75, 3.05) is 44.6 Å². The highest BCUT2D eigenvalue weighted by atomic mass is 32.2. The Labute approximate surface area is 200 Å². The Hall–Kier alpha value is -2.44. The van der Waals surface area contributed by atoms with Crippen LogP contribution in [0.3, 0.4) is 0 Å². The van der Waals surface area contributed by atoms with Gasteiger partial charge in [-0.05, 0) is 80.2 Å². The number of anilines is 1. The fraction of sp³-hybridized carbons (Fsp3) is 0.444. The topological polar surface area (TPSA) is 39.0 Å². The Morgan fingerprint density at radius 2 is 2.09 bits per heavy atom. The van der Waals surface area contributed by atoms with Gasteiger partial charge in [0.25, 0.3) is 0 Å². The van der Waals surface area contributed by atoms with Gasteiger partial charge in [-0.1, -0.05) is 18.2 Å². The molecule has 1 aromatic carbocycles. The summed E-state index contributed by atoms with van der Waals surface area (Å²) in [6.07, 6.45) is 8.14. The summed E-state index contributed by atoms with van der Waals surface area (Å²) in [5, 5.41) is 6.19. The molecule has 174 valence electrons. The summed E-state index contributed by atoms with van der Waals surface area (Å²) in [5.74, 6) is 1.67. The lowest BCUT2D eigenvalue weighted by Gasteiger charge is -2.27. The molecule has 3 heterocycles. The van der Waals surface area contributed by atoms with Crippen molar-refractivity contribution in [2.24, 2.45) is 5.92 Å². The molecular weight excluding hydrogens is 430 g/mol. The minimum Gasteiger partial charge on any atom is -0.496 e. The molecule has 0 spiro atoms. The van der Waals surface area contributed by atoms with Crippen LogP contribution in [0.4, 0.5) is 5.69 Å². The number of methoxy groups -OCH3 is 1. The maximum Gasteiger partial charge on any atom is 0.142 e. The molecule has 33 heavy (non-hydrogen) atoms. The highest BCUT2D eigenvalue weighted by molar-refractivity contribution is 7.98. The fourth-order valence-electron chi connectivity index (χ4n) is 4.89. The van der Waals surface area contributed by atoms with E-state index in [1.807, 2.05) is 0 Å². The van der Waals surface area contributed by atoms with Crippen LogP contribution >= 0.6 is 11.8 Å². The van der Waals surface area contributed by atoms with Crippen molar-refractivity contribution in [3.8, 4) is 17.0 Å². The SMILES string of the molecule is COc1cc(C)cc(C)c1-c1cccc2c(N(CC3=CCCOC3)CC3CC3)c(SC)nn12. The summed E-state index contributed by atoms with van der Waals surface area (Å²) < 4.78 is 13.7. The third kappa shape index (κ3) is 4.51. The number of ether oxygens (including phenoxy) is 2. The van der Waals surface area contributed by atoms with Gasteiger partial charge in [0, 0.05) is 18.7 Å². The van der Waals surface area contributed by atoms with Gasteiger partial charge in [-0.2, -0.15) is 5.10 Å². The quantitative estimate of drug-likeness (QED) is 0.307. The van der Waals surface area contributed by atoms with Crippen LogP contribution in [0.2, 0.25) is 0 Å². The van der Waals surface area contributed by atoms with Crippen LogP contribution in [0, 0.1) is 19.8 Å². The molecule has 0 unspecified atom stereocenters. The number of benzene rings is 1. The molecular formula is C27H33N3O2S. The van der Waals surface area contributed by atoms with Gasteiger partial charge in [-0.25, -0.2) is 4.52 Å². The number of nitrogens with zero attached hydrogens (tertiary/aromatic N) is 3. The van der Waals surface area contributed by atoms with Crippen molar-refractivity contribution in [1.29, 1.82) is 0 Å². The van der Waals surface area contributed by atoms with Crippen LogP contribution in [-0.4, -0.2) is 49.3 Å². The average molecular weight is 464 g/mol. The molecule has 0 atom stereocenters. The molecule has 1 fully saturated rings. The summed E-state index contributed by atoms with van der Waals surface area (Å²) in [4.78, 5) is 2.55. The maximum atomic E-state index is 5.80. The molecule has 5 rings (SSSR count). The molecule has 6 heteroatoms. The van der Waals surface area contributed by atoms with Crippen molar-refractivity contribution in [3.63, 3.8) is 0 Å². The number of hydrogen-bond acceptors (Lipinski definition) is 5. The molecule has 0 N–H and O–H groups in total. The van der Waals surface area contributed by atoms with E-state index >= 15 is 0 Å². The Morgan fingerprint density at radius 1 is 1.24 bits per heavy atom. The summed E-state index contributed by atoms with van der Waals surface area (Å²) in [5.41, 5.74) is 8.33. The molecule has 1 saturated carbocycles. The van der Waals surface area contributed by atoms with Gasteiger partial charge >= 0.3 is 0 Å². The van der Waals surface area contributed by atoms with E-state index in [1.165, 1.54) is 35.2 Å². The number of aromatic nitrogens is 2. The maximum absolute atomic E-state index is 5.80. The second kappa shape index (κ2) is 9.43. The second-order valence-electron chi connectivity index (χ2n) is 9.25. The molecule has 2 aliphatic rings. The molecule has 0 amide bonds. The zero-order chi connectivity index (χ0) is 22.9. The first kappa shape index (κ1) is 22.4. The van der Waals surface area contributed by atoms with Gasteiger partial charge in [0.2, 0.25) is 0 Å². The highest BCUT2D eigenvalue weighted by Gasteiger charge is 2.29. The Bertz CT molecular complexity index is 1200. The van der Waals surface area contributed by atoms with Gasteiger partial charge in [0.1, 0.15) is 10.8 Å². The number of hydrogen-bond donors (Lipinski definition) is 0. The average Bonchev–Trinajstić information content (AvgIpc) is 3.55. The van der Waals surface area contributed by atoms with Gasteiger partial charge < -0.3 is 14.4 Å². The van der Waals surface area contributed by atoms with Crippen LogP contribution in [0.5, 0.6) is 5.75 Å². The molecule has 3 aromatic rings. The largest absolute Gasteiger partial charge is 0.496 e. The first-order valence-electron chi connectivity index (χ1n) is 11.8. The van der Waals surface area contributed by atoms with Crippen molar-refractivity contribution >= 4 is 23.0 Å². The van der Waals surface area contributed by atoms with Gasteiger partial charge in [0.15, 0.2) is 0 Å². The zero-order valence-corrected chi connectivity index (χ0v) is 20.9. The molecule has 0 radical (unpaired) electrons. The van der Waals surface area contributed by atoms with E-state index in [0.717, 1.165) is 66.2 Å². The second-order valence-corrected chi connectivity index (χ2v) is 10.0. The van der Waals surface area contributed by atoms with E-state index in [9.17, 15) is 0 Å². The molecule has 2 aromatic heterocycles. The van der Waals surface area contributed by atoms with Crippen LogP contribution in [-0.2, 0) is 4.74 Å². The highest BCUT2D eigenvalue weighted by Crippen LogP contribution is 2.41. The monoisotopic (exact) mass is 463 g/mol. The summed E-state index contributed by atoms with van der Waals surface area (Å²) >= 11 is 1.72. The number of thioether (sulfide) groups is 1. The smallest absolute Gasteiger partial charge is 0.142 e. The third-order valence-electron chi connectivity index (χ3n) is 6.58. The number of pyridine rings is 1. The van der Waals surface area contributed by atoms with Crippen LogP contribution in [0.1, 0.15) is 30.4 Å². The lowest BCUT2D eigenvalue weighted by atomic mass is 10.0. The fourth-order valence-corrected chi connectivity index (χ4v) is 5.48. The van der Waals surface area contributed by atoms with E-state index in [-0.39, 0.29) is 0 Å². The Morgan fingerprint density at radius 3 is 2.79 bits per heavy atom. The molecule has 0 saturated heterocycles. The predicted molar refractivity (Wildman–Crippen MR) is 137 cm³/mol. The molecule has 1 aliphatic heterocycles. The summed E-state index contributed by atoms with van der Waals surface area (Å²) in [6, 6.07) is 10.8. The van der Waals surface area contributed by atoms with E-state index in [1.54, 1.807) is 18.9 Å². The number of fused-ring (bicyclic) bond motifs is 1. The lowest BCUT2D eigenvalue weighted by molar-refractivity contribution is 0.149. The normalized spacial score (nSPS) is 16.2. The standard InChI is InChI=1S/C27H33N3O2S/c1-18-13-19(2)25(24(14-18)31-3)22-8-5-9-23-26(27(33-4)28-30(22)23)29(15-20-10-11-20)16-21-7-6-12-32-17-21/h5,7-9,13-14,20H,6,10-12,15-17H2,1-4H3. The van der Waals surface area contributed by atoms with Crippen LogP contribution in [0.25, 0.3) is 16.8 Å².